The van der Waals surface area contributed by atoms with Gasteiger partial charge in [-0.3, -0.25) is 4.79 Å². The molecule has 5 nitrogen and oxygen atoms in total. The molecule has 0 fully saturated rings. The third-order valence-electron chi connectivity index (χ3n) is 3.33. The van der Waals surface area contributed by atoms with Gasteiger partial charge in [0.2, 0.25) is 5.91 Å². The average Bonchev–Trinajstić information content (AvgIpc) is 2.54. The van der Waals surface area contributed by atoms with Gasteiger partial charge in [0, 0.05) is 18.5 Å². The van der Waals surface area contributed by atoms with Crippen LogP contribution in [0.4, 0.5) is 9.18 Å². The Bertz CT molecular complexity index is 677. The fourth-order valence-electron chi connectivity index (χ4n) is 2.18. The van der Waals surface area contributed by atoms with E-state index < -0.39 is 23.8 Å². The summed E-state index contributed by atoms with van der Waals surface area (Å²) in [4.78, 5) is 23.4. The van der Waals surface area contributed by atoms with Gasteiger partial charge in [0.25, 0.3) is 0 Å². The summed E-state index contributed by atoms with van der Waals surface area (Å²) in [5.74, 6) is -0.814. The smallest absolute Gasteiger partial charge is 0.312 e. The van der Waals surface area contributed by atoms with Crippen molar-refractivity contribution in [2.24, 2.45) is 5.73 Å². The molecule has 3 amide bonds. The van der Waals surface area contributed by atoms with Crippen LogP contribution >= 0.6 is 0 Å². The number of hydrogen-bond donors (Lipinski definition) is 3. The molecule has 23 heavy (non-hydrogen) atoms. The number of rotatable bonds is 6. The van der Waals surface area contributed by atoms with Gasteiger partial charge >= 0.3 is 6.03 Å². The normalized spacial score (nSPS) is 11.5. The number of nitrogens with one attached hydrogen (secondary N) is 2. The molecule has 120 valence electrons. The molecule has 0 saturated carbocycles. The molecular weight excluding hydrogens is 297 g/mol. The Kier molecular flexibility index (Phi) is 5.68. The number of primary amides is 1. The maximum atomic E-state index is 13.6. The molecule has 0 bridgehead atoms. The largest absolute Gasteiger partial charge is 0.352 e. The lowest BCUT2D eigenvalue weighted by molar-refractivity contribution is -0.123. The topological polar surface area (TPSA) is 84.2 Å². The Morgan fingerprint density at radius 2 is 1.70 bits per heavy atom. The Morgan fingerprint density at radius 3 is 2.35 bits per heavy atom. The first kappa shape index (κ1) is 16.5. The number of amides is 3. The van der Waals surface area contributed by atoms with E-state index in [1.807, 2.05) is 30.3 Å². The highest BCUT2D eigenvalue weighted by Gasteiger charge is 2.20. The van der Waals surface area contributed by atoms with Gasteiger partial charge in [-0.2, -0.15) is 0 Å². The van der Waals surface area contributed by atoms with E-state index in [1.54, 1.807) is 18.2 Å². The highest BCUT2D eigenvalue weighted by molar-refractivity contribution is 5.86. The second-order valence-corrected chi connectivity index (χ2v) is 5.06. The summed E-state index contributed by atoms with van der Waals surface area (Å²) in [5, 5.41) is 5.03. The van der Waals surface area contributed by atoms with Crippen molar-refractivity contribution in [2.45, 2.75) is 19.0 Å². The van der Waals surface area contributed by atoms with Gasteiger partial charge in [-0.05, 0) is 11.6 Å². The molecule has 0 spiro atoms. The molecule has 0 aliphatic heterocycles. The summed E-state index contributed by atoms with van der Waals surface area (Å²) in [6, 6.07) is 13.8. The predicted octanol–water partition coefficient (Wildman–Crippen LogP) is 1.72. The number of benzene rings is 2. The van der Waals surface area contributed by atoms with E-state index in [2.05, 4.69) is 10.6 Å². The van der Waals surface area contributed by atoms with Crippen LogP contribution < -0.4 is 16.4 Å². The van der Waals surface area contributed by atoms with Gasteiger partial charge in [0.05, 0.1) is 0 Å². The number of carbonyl (C=O) groups is 2. The summed E-state index contributed by atoms with van der Waals surface area (Å²) in [6.45, 7) is 0.0389. The lowest BCUT2D eigenvalue weighted by Gasteiger charge is -2.17. The minimum absolute atomic E-state index is 0.0389. The van der Waals surface area contributed by atoms with Crippen LogP contribution in [0.3, 0.4) is 0 Å². The van der Waals surface area contributed by atoms with E-state index in [4.69, 9.17) is 5.73 Å². The van der Waals surface area contributed by atoms with Crippen molar-refractivity contribution in [1.82, 2.24) is 10.6 Å². The van der Waals surface area contributed by atoms with Crippen LogP contribution in [0, 0.1) is 5.82 Å². The fourth-order valence-corrected chi connectivity index (χ4v) is 2.18. The minimum Gasteiger partial charge on any atom is -0.352 e. The minimum atomic E-state index is -0.818. The summed E-state index contributed by atoms with van der Waals surface area (Å²) in [6.07, 6.45) is 0.298. The molecule has 0 unspecified atom stereocenters. The van der Waals surface area contributed by atoms with Crippen LogP contribution in [0.2, 0.25) is 0 Å². The number of carbonyl (C=O) groups excluding carboxylic acids is 2. The molecule has 2 aromatic rings. The molecule has 0 aromatic heterocycles. The first-order valence-corrected chi connectivity index (χ1v) is 7.17. The third kappa shape index (κ3) is 5.10. The van der Waals surface area contributed by atoms with Crippen molar-refractivity contribution in [1.29, 1.82) is 0 Å². The highest BCUT2D eigenvalue weighted by atomic mass is 19.1. The Morgan fingerprint density at radius 1 is 1.04 bits per heavy atom. The summed E-state index contributed by atoms with van der Waals surface area (Å²) < 4.78 is 13.6. The molecular formula is C17H18FN3O2. The van der Waals surface area contributed by atoms with Crippen molar-refractivity contribution < 1.29 is 14.0 Å². The zero-order valence-electron chi connectivity index (χ0n) is 12.5. The molecule has 2 aromatic carbocycles. The third-order valence-corrected chi connectivity index (χ3v) is 3.33. The summed E-state index contributed by atoms with van der Waals surface area (Å²) in [5.41, 5.74) is 6.38. The first-order valence-electron chi connectivity index (χ1n) is 7.17. The van der Waals surface area contributed by atoms with Crippen LogP contribution in [-0.2, 0) is 17.8 Å². The van der Waals surface area contributed by atoms with Crippen LogP contribution in [0.25, 0.3) is 0 Å². The van der Waals surface area contributed by atoms with Gasteiger partial charge in [-0.15, -0.1) is 0 Å². The monoisotopic (exact) mass is 315 g/mol. The molecule has 0 aliphatic carbocycles. The fraction of sp³-hybridized carbons (Fsp3) is 0.176. The van der Waals surface area contributed by atoms with E-state index in [-0.39, 0.29) is 6.54 Å². The van der Waals surface area contributed by atoms with Gasteiger partial charge in [-0.25, -0.2) is 9.18 Å². The second-order valence-electron chi connectivity index (χ2n) is 5.06. The molecule has 0 saturated heterocycles. The molecule has 4 N–H and O–H groups in total. The second kappa shape index (κ2) is 7.93. The maximum Gasteiger partial charge on any atom is 0.312 e. The summed E-state index contributed by atoms with van der Waals surface area (Å²) >= 11 is 0. The molecule has 6 heteroatoms. The number of halogens is 1. The molecule has 0 heterocycles. The van der Waals surface area contributed by atoms with Crippen LogP contribution in [-0.4, -0.2) is 18.0 Å². The van der Waals surface area contributed by atoms with Crippen LogP contribution in [0.1, 0.15) is 11.1 Å². The van der Waals surface area contributed by atoms with E-state index in [0.29, 0.717) is 12.0 Å². The zero-order valence-corrected chi connectivity index (χ0v) is 12.5. The van der Waals surface area contributed by atoms with Crippen molar-refractivity contribution >= 4 is 11.9 Å². The Hall–Kier alpha value is -2.89. The van der Waals surface area contributed by atoms with E-state index in [0.717, 1.165) is 5.56 Å². The highest BCUT2D eigenvalue weighted by Crippen LogP contribution is 2.07. The van der Waals surface area contributed by atoms with Crippen LogP contribution in [0.15, 0.2) is 54.6 Å². The SMILES string of the molecule is NC(=O)N[C@@H](Cc1ccccc1)C(=O)NCc1ccccc1F. The molecule has 0 aliphatic rings. The summed E-state index contributed by atoms with van der Waals surface area (Å²) in [7, 11) is 0. The number of nitrogens with two attached hydrogens (primary N) is 1. The standard InChI is InChI=1S/C17H18FN3O2/c18-14-9-5-4-8-13(14)11-20-16(22)15(21-17(19)23)10-12-6-2-1-3-7-12/h1-9,15H,10-11H2,(H,20,22)(H3,19,21,23)/t15-/m0/s1. The molecule has 1 atom stereocenters. The van der Waals surface area contributed by atoms with Crippen molar-refractivity contribution in [3.8, 4) is 0 Å². The molecule has 2 rings (SSSR count). The maximum absolute atomic E-state index is 13.6. The lowest BCUT2D eigenvalue weighted by atomic mass is 10.1. The quantitative estimate of drug-likeness (QED) is 0.758. The van der Waals surface area contributed by atoms with E-state index in [1.165, 1.54) is 6.07 Å². The van der Waals surface area contributed by atoms with Crippen molar-refractivity contribution in [3.63, 3.8) is 0 Å². The molecule has 0 radical (unpaired) electrons. The zero-order chi connectivity index (χ0) is 16.7. The Labute approximate surface area is 133 Å². The van der Waals surface area contributed by atoms with E-state index in [9.17, 15) is 14.0 Å². The van der Waals surface area contributed by atoms with Crippen molar-refractivity contribution in [2.75, 3.05) is 0 Å². The number of hydrogen-bond acceptors (Lipinski definition) is 2. The van der Waals surface area contributed by atoms with Gasteiger partial charge < -0.3 is 16.4 Å². The Balaban J connectivity index is 2.01. The van der Waals surface area contributed by atoms with E-state index >= 15 is 0 Å². The lowest BCUT2D eigenvalue weighted by Crippen LogP contribution is -2.49. The van der Waals surface area contributed by atoms with Gasteiger partial charge in [-0.1, -0.05) is 48.5 Å². The first-order chi connectivity index (χ1) is 11.1. The van der Waals surface area contributed by atoms with Gasteiger partial charge in [0.1, 0.15) is 11.9 Å². The average molecular weight is 315 g/mol. The van der Waals surface area contributed by atoms with Crippen LogP contribution in [0.5, 0.6) is 0 Å². The van der Waals surface area contributed by atoms with Crippen molar-refractivity contribution in [3.05, 3.63) is 71.5 Å². The number of urea groups is 1. The van der Waals surface area contributed by atoms with Gasteiger partial charge in [0.15, 0.2) is 0 Å². The predicted molar refractivity (Wildman–Crippen MR) is 84.9 cm³/mol.